The van der Waals surface area contributed by atoms with Gasteiger partial charge in [0.25, 0.3) is 5.91 Å². The second-order valence-electron chi connectivity index (χ2n) is 6.74. The molecule has 1 heterocycles. The number of alkyl halides is 3. The molecule has 1 N–H and O–H groups in total. The Kier molecular flexibility index (Phi) is 6.22. The number of hydrogen-bond acceptors (Lipinski definition) is 4. The number of aromatic nitrogens is 1. The van der Waals surface area contributed by atoms with E-state index in [4.69, 9.17) is 4.74 Å². The van der Waals surface area contributed by atoms with Crippen LogP contribution < -0.4 is 10.1 Å². The highest BCUT2D eigenvalue weighted by atomic mass is 32.1. The number of ether oxygens (including phenoxy) is 1. The van der Waals surface area contributed by atoms with Crippen molar-refractivity contribution in [3.63, 3.8) is 0 Å². The van der Waals surface area contributed by atoms with Crippen LogP contribution in [0.15, 0.2) is 54.6 Å². The van der Waals surface area contributed by atoms with Crippen molar-refractivity contribution in [1.29, 1.82) is 0 Å². The number of anilines is 1. The third-order valence-corrected chi connectivity index (χ3v) is 4.92. The molecular weight excluding hydrogens is 401 g/mol. The summed E-state index contributed by atoms with van der Waals surface area (Å²) in [7, 11) is 0. The van der Waals surface area contributed by atoms with Crippen LogP contribution in [0.1, 0.15) is 29.2 Å². The Morgan fingerprint density at radius 2 is 1.76 bits per heavy atom. The molecule has 3 aromatic rings. The van der Waals surface area contributed by atoms with Gasteiger partial charge in [-0.25, -0.2) is 4.98 Å². The van der Waals surface area contributed by atoms with Gasteiger partial charge in [-0.2, -0.15) is 13.2 Å². The van der Waals surface area contributed by atoms with Crippen LogP contribution in [0.2, 0.25) is 0 Å². The van der Waals surface area contributed by atoms with Crippen LogP contribution in [0.3, 0.4) is 0 Å². The molecular formula is C21H19F3N2O2S. The van der Waals surface area contributed by atoms with Crippen molar-refractivity contribution in [2.24, 2.45) is 5.92 Å². The molecule has 0 saturated heterocycles. The first-order valence-electron chi connectivity index (χ1n) is 8.91. The van der Waals surface area contributed by atoms with Gasteiger partial charge < -0.3 is 10.1 Å². The van der Waals surface area contributed by atoms with E-state index < -0.39 is 22.7 Å². The molecule has 0 unspecified atom stereocenters. The molecule has 8 heteroatoms. The lowest BCUT2D eigenvalue weighted by Gasteiger charge is -2.10. The summed E-state index contributed by atoms with van der Waals surface area (Å²) < 4.78 is 45.8. The maximum absolute atomic E-state index is 13.4. The molecule has 4 nitrogen and oxygen atoms in total. The topological polar surface area (TPSA) is 51.2 Å². The van der Waals surface area contributed by atoms with E-state index in [0.29, 0.717) is 40.9 Å². The molecule has 29 heavy (non-hydrogen) atoms. The van der Waals surface area contributed by atoms with E-state index in [1.165, 1.54) is 0 Å². The SMILES string of the molecule is CC(C)COc1ccc(NC(=O)c2sc(-c3ccccc3)nc2C(F)(F)F)cc1. The second kappa shape index (κ2) is 8.65. The third kappa shape index (κ3) is 5.35. The first kappa shape index (κ1) is 20.9. The van der Waals surface area contributed by atoms with Gasteiger partial charge in [0.2, 0.25) is 0 Å². The van der Waals surface area contributed by atoms with Crippen molar-refractivity contribution in [2.45, 2.75) is 20.0 Å². The molecule has 0 atom stereocenters. The zero-order valence-electron chi connectivity index (χ0n) is 15.8. The standard InChI is InChI=1S/C21H19F3N2O2S/c1-13(2)12-28-16-10-8-15(9-11-16)25-19(27)17-18(21(22,23)24)26-20(29-17)14-6-4-3-5-7-14/h3-11,13H,12H2,1-2H3,(H,25,27). The third-order valence-electron chi connectivity index (χ3n) is 3.82. The number of amides is 1. The fraction of sp³-hybridized carbons (Fsp3) is 0.238. The van der Waals surface area contributed by atoms with Crippen LogP contribution in [-0.4, -0.2) is 17.5 Å². The van der Waals surface area contributed by atoms with Gasteiger partial charge in [-0.3, -0.25) is 4.79 Å². The number of hydrogen-bond donors (Lipinski definition) is 1. The molecule has 0 aliphatic heterocycles. The highest BCUT2D eigenvalue weighted by Gasteiger charge is 2.39. The fourth-order valence-electron chi connectivity index (χ4n) is 2.46. The van der Waals surface area contributed by atoms with E-state index >= 15 is 0 Å². The van der Waals surface area contributed by atoms with Gasteiger partial charge in [0.15, 0.2) is 5.69 Å². The van der Waals surface area contributed by atoms with Gasteiger partial charge in [0.1, 0.15) is 15.6 Å². The first-order valence-corrected chi connectivity index (χ1v) is 9.73. The van der Waals surface area contributed by atoms with Gasteiger partial charge in [-0.1, -0.05) is 44.2 Å². The average molecular weight is 420 g/mol. The predicted octanol–water partition coefficient (Wildman–Crippen LogP) is 6.12. The van der Waals surface area contributed by atoms with E-state index in [9.17, 15) is 18.0 Å². The van der Waals surface area contributed by atoms with Gasteiger partial charge >= 0.3 is 6.18 Å². The lowest BCUT2D eigenvalue weighted by atomic mass is 10.2. The zero-order chi connectivity index (χ0) is 21.0. The minimum absolute atomic E-state index is 0.139. The first-order chi connectivity index (χ1) is 13.7. The Bertz CT molecular complexity index is 968. The summed E-state index contributed by atoms with van der Waals surface area (Å²) in [5.74, 6) is 0.130. The molecule has 152 valence electrons. The minimum Gasteiger partial charge on any atom is -0.493 e. The number of nitrogens with one attached hydrogen (secondary N) is 1. The van der Waals surface area contributed by atoms with Crippen LogP contribution >= 0.6 is 11.3 Å². The summed E-state index contributed by atoms with van der Waals surface area (Å²) in [5, 5.41) is 2.64. The van der Waals surface area contributed by atoms with Crippen molar-refractivity contribution < 1.29 is 22.7 Å². The summed E-state index contributed by atoms with van der Waals surface area (Å²) in [6, 6.07) is 14.9. The Hall–Kier alpha value is -2.87. The maximum Gasteiger partial charge on any atom is 0.435 e. The highest BCUT2D eigenvalue weighted by Crippen LogP contribution is 2.38. The van der Waals surface area contributed by atoms with Crippen LogP contribution in [0, 0.1) is 5.92 Å². The van der Waals surface area contributed by atoms with Crippen molar-refractivity contribution >= 4 is 22.9 Å². The number of benzene rings is 2. The van der Waals surface area contributed by atoms with Crippen LogP contribution in [-0.2, 0) is 6.18 Å². The molecule has 0 saturated carbocycles. The van der Waals surface area contributed by atoms with Crippen LogP contribution in [0.5, 0.6) is 5.75 Å². The van der Waals surface area contributed by atoms with Crippen molar-refractivity contribution in [2.75, 3.05) is 11.9 Å². The lowest BCUT2D eigenvalue weighted by Crippen LogP contribution is -2.17. The smallest absolute Gasteiger partial charge is 0.435 e. The van der Waals surface area contributed by atoms with Crippen molar-refractivity contribution in [3.8, 4) is 16.3 Å². The van der Waals surface area contributed by atoms with Crippen molar-refractivity contribution in [1.82, 2.24) is 4.98 Å². The van der Waals surface area contributed by atoms with E-state index in [1.54, 1.807) is 54.6 Å². The lowest BCUT2D eigenvalue weighted by molar-refractivity contribution is -0.140. The molecule has 1 aromatic heterocycles. The monoisotopic (exact) mass is 420 g/mol. The highest BCUT2D eigenvalue weighted by molar-refractivity contribution is 7.17. The Labute approximate surface area is 170 Å². The number of nitrogens with zero attached hydrogens (tertiary/aromatic N) is 1. The Balaban J connectivity index is 1.82. The fourth-order valence-corrected chi connectivity index (χ4v) is 3.44. The summed E-state index contributed by atoms with van der Waals surface area (Å²) in [6.07, 6.45) is -4.73. The second-order valence-corrected chi connectivity index (χ2v) is 7.74. The minimum atomic E-state index is -4.73. The average Bonchev–Trinajstić information content (AvgIpc) is 3.14. The summed E-state index contributed by atoms with van der Waals surface area (Å²) in [5.41, 5.74) is -0.292. The largest absolute Gasteiger partial charge is 0.493 e. The molecule has 0 spiro atoms. The van der Waals surface area contributed by atoms with Crippen molar-refractivity contribution in [3.05, 3.63) is 65.2 Å². The van der Waals surface area contributed by atoms with Gasteiger partial charge in [-0.05, 0) is 30.2 Å². The Morgan fingerprint density at radius 1 is 1.10 bits per heavy atom. The maximum atomic E-state index is 13.4. The van der Waals surface area contributed by atoms with E-state index in [0.717, 1.165) is 0 Å². The molecule has 3 rings (SSSR count). The Morgan fingerprint density at radius 3 is 2.34 bits per heavy atom. The van der Waals surface area contributed by atoms with E-state index in [2.05, 4.69) is 10.3 Å². The summed E-state index contributed by atoms with van der Waals surface area (Å²) in [4.78, 5) is 15.8. The van der Waals surface area contributed by atoms with Gasteiger partial charge in [0, 0.05) is 11.3 Å². The molecule has 1 amide bonds. The number of rotatable bonds is 6. The quantitative estimate of drug-likeness (QED) is 0.523. The zero-order valence-corrected chi connectivity index (χ0v) is 16.6. The summed E-state index contributed by atoms with van der Waals surface area (Å²) in [6.45, 7) is 4.58. The van der Waals surface area contributed by atoms with Gasteiger partial charge in [-0.15, -0.1) is 11.3 Å². The van der Waals surface area contributed by atoms with Gasteiger partial charge in [0.05, 0.1) is 6.61 Å². The molecule has 2 aromatic carbocycles. The van der Waals surface area contributed by atoms with E-state index in [-0.39, 0.29) is 5.01 Å². The van der Waals surface area contributed by atoms with Crippen LogP contribution in [0.4, 0.5) is 18.9 Å². The summed E-state index contributed by atoms with van der Waals surface area (Å²) >= 11 is 0.713. The molecule has 0 radical (unpaired) electrons. The number of thiazole rings is 1. The number of carbonyl (C=O) groups is 1. The number of halogens is 3. The van der Waals surface area contributed by atoms with E-state index in [1.807, 2.05) is 13.8 Å². The van der Waals surface area contributed by atoms with Crippen LogP contribution in [0.25, 0.3) is 10.6 Å². The molecule has 0 aliphatic rings. The molecule has 0 aliphatic carbocycles. The normalized spacial score (nSPS) is 11.5. The molecule has 0 bridgehead atoms. The molecule has 0 fully saturated rings. The predicted molar refractivity (Wildman–Crippen MR) is 107 cm³/mol. The number of carbonyl (C=O) groups excluding carboxylic acids is 1.